The van der Waals surface area contributed by atoms with Crippen molar-refractivity contribution >= 4 is 11.6 Å². The minimum Gasteiger partial charge on any atom is -0.423 e. The number of hydrogen-bond donors (Lipinski definition) is 0. The first-order chi connectivity index (χ1) is 14.6. The standard InChI is InChI=1S/C24H25N3O3/c1-15-11-16(2)13-19(12-15)24(28)27-20-6-4-3-5-18(20)14-21(27)23-26-25-22(30-23)17-7-9-29-10-8-17/h3-6,11-13,17,21H,7-10,14H2,1-2H3. The number of aromatic nitrogens is 2. The summed E-state index contributed by atoms with van der Waals surface area (Å²) in [6.07, 6.45) is 2.44. The van der Waals surface area contributed by atoms with Gasteiger partial charge in [-0.3, -0.25) is 9.69 Å². The Hall–Kier alpha value is -2.99. The van der Waals surface area contributed by atoms with E-state index < -0.39 is 0 Å². The van der Waals surface area contributed by atoms with Crippen LogP contribution in [0.4, 0.5) is 5.69 Å². The first-order valence-electron chi connectivity index (χ1n) is 10.5. The number of anilines is 1. The van der Waals surface area contributed by atoms with E-state index in [1.807, 2.05) is 49.1 Å². The van der Waals surface area contributed by atoms with E-state index in [-0.39, 0.29) is 17.9 Å². The number of amides is 1. The Morgan fingerprint density at radius 1 is 1.00 bits per heavy atom. The molecule has 1 saturated heterocycles. The van der Waals surface area contributed by atoms with Crippen molar-refractivity contribution in [3.8, 4) is 0 Å². The first-order valence-corrected chi connectivity index (χ1v) is 10.5. The quantitative estimate of drug-likeness (QED) is 0.643. The van der Waals surface area contributed by atoms with Gasteiger partial charge in [0.2, 0.25) is 11.8 Å². The normalized spacial score (nSPS) is 19.1. The van der Waals surface area contributed by atoms with E-state index in [2.05, 4.69) is 22.3 Å². The molecule has 6 nitrogen and oxygen atoms in total. The molecule has 6 heteroatoms. The van der Waals surface area contributed by atoms with Gasteiger partial charge < -0.3 is 9.15 Å². The molecular weight excluding hydrogens is 378 g/mol. The van der Waals surface area contributed by atoms with Crippen LogP contribution in [-0.2, 0) is 11.2 Å². The average Bonchev–Trinajstić information content (AvgIpc) is 3.38. The third-order valence-electron chi connectivity index (χ3n) is 5.98. The van der Waals surface area contributed by atoms with Crippen LogP contribution >= 0.6 is 0 Å². The molecule has 154 valence electrons. The van der Waals surface area contributed by atoms with Crippen molar-refractivity contribution in [3.63, 3.8) is 0 Å². The highest BCUT2D eigenvalue weighted by Crippen LogP contribution is 2.41. The lowest BCUT2D eigenvalue weighted by Gasteiger charge is -2.24. The van der Waals surface area contributed by atoms with Gasteiger partial charge in [-0.05, 0) is 50.5 Å². The van der Waals surface area contributed by atoms with Crippen molar-refractivity contribution in [2.24, 2.45) is 0 Å². The Bertz CT molecular complexity index is 1060. The van der Waals surface area contributed by atoms with Crippen LogP contribution in [-0.4, -0.2) is 29.3 Å². The van der Waals surface area contributed by atoms with Gasteiger partial charge in [-0.2, -0.15) is 0 Å². The van der Waals surface area contributed by atoms with E-state index in [9.17, 15) is 4.79 Å². The zero-order valence-corrected chi connectivity index (χ0v) is 17.3. The smallest absolute Gasteiger partial charge is 0.259 e. The van der Waals surface area contributed by atoms with Crippen molar-refractivity contribution < 1.29 is 13.9 Å². The fourth-order valence-electron chi connectivity index (χ4n) is 4.56. The molecule has 1 fully saturated rings. The minimum absolute atomic E-state index is 0.0393. The van der Waals surface area contributed by atoms with Gasteiger partial charge >= 0.3 is 0 Å². The molecule has 2 aliphatic heterocycles. The predicted molar refractivity (Wildman–Crippen MR) is 113 cm³/mol. The molecule has 0 N–H and O–H groups in total. The molecule has 3 heterocycles. The fraction of sp³-hybridized carbons (Fsp3) is 0.375. The first kappa shape index (κ1) is 19.0. The van der Waals surface area contributed by atoms with Gasteiger partial charge in [-0.25, -0.2) is 0 Å². The molecular formula is C24H25N3O3. The zero-order valence-electron chi connectivity index (χ0n) is 17.3. The highest BCUT2D eigenvalue weighted by Gasteiger charge is 2.39. The maximum Gasteiger partial charge on any atom is 0.259 e. The fourth-order valence-corrected chi connectivity index (χ4v) is 4.56. The number of rotatable bonds is 3. The third kappa shape index (κ3) is 3.41. The van der Waals surface area contributed by atoms with E-state index >= 15 is 0 Å². The molecule has 2 aliphatic rings. The second-order valence-corrected chi connectivity index (χ2v) is 8.27. The van der Waals surface area contributed by atoms with E-state index in [0.717, 1.165) is 35.2 Å². The van der Waals surface area contributed by atoms with Crippen LogP contribution in [0.5, 0.6) is 0 Å². The van der Waals surface area contributed by atoms with Crippen LogP contribution in [0.15, 0.2) is 46.9 Å². The number of aryl methyl sites for hydroxylation is 2. The van der Waals surface area contributed by atoms with E-state index in [0.29, 0.717) is 37.0 Å². The summed E-state index contributed by atoms with van der Waals surface area (Å²) in [6.45, 7) is 5.46. The van der Waals surface area contributed by atoms with E-state index in [1.165, 1.54) is 0 Å². The van der Waals surface area contributed by atoms with Gasteiger partial charge in [-0.1, -0.05) is 35.4 Å². The summed E-state index contributed by atoms with van der Waals surface area (Å²) in [5, 5.41) is 8.70. The molecule has 1 unspecified atom stereocenters. The summed E-state index contributed by atoms with van der Waals surface area (Å²) in [7, 11) is 0. The summed E-state index contributed by atoms with van der Waals surface area (Å²) in [6, 6.07) is 13.7. The maximum atomic E-state index is 13.6. The molecule has 3 aromatic rings. The Balaban J connectivity index is 1.51. The van der Waals surface area contributed by atoms with Gasteiger partial charge in [0.1, 0.15) is 6.04 Å². The van der Waals surface area contributed by atoms with E-state index in [1.54, 1.807) is 0 Å². The number of nitrogens with zero attached hydrogens (tertiary/aromatic N) is 3. The van der Waals surface area contributed by atoms with Crippen molar-refractivity contribution in [1.29, 1.82) is 0 Å². The number of hydrogen-bond acceptors (Lipinski definition) is 5. The number of carbonyl (C=O) groups excluding carboxylic acids is 1. The SMILES string of the molecule is Cc1cc(C)cc(C(=O)N2c3ccccc3CC2c2nnc(C3CCOCC3)o2)c1. The number of para-hydroxylation sites is 1. The molecule has 1 amide bonds. The number of fused-ring (bicyclic) bond motifs is 1. The Kier molecular flexibility index (Phi) is 4.87. The van der Waals surface area contributed by atoms with Crippen molar-refractivity contribution in [2.75, 3.05) is 18.1 Å². The second-order valence-electron chi connectivity index (χ2n) is 8.27. The summed E-state index contributed by atoms with van der Waals surface area (Å²) >= 11 is 0. The Morgan fingerprint density at radius 3 is 2.47 bits per heavy atom. The third-order valence-corrected chi connectivity index (χ3v) is 5.98. The maximum absolute atomic E-state index is 13.6. The van der Waals surface area contributed by atoms with Gasteiger partial charge in [0, 0.05) is 36.8 Å². The minimum atomic E-state index is -0.295. The van der Waals surface area contributed by atoms with Crippen LogP contribution in [0.2, 0.25) is 0 Å². The molecule has 0 aliphatic carbocycles. The molecule has 30 heavy (non-hydrogen) atoms. The largest absolute Gasteiger partial charge is 0.423 e. The summed E-state index contributed by atoms with van der Waals surface area (Å²) < 4.78 is 11.6. The molecule has 1 atom stereocenters. The van der Waals surface area contributed by atoms with Crippen LogP contribution in [0.25, 0.3) is 0 Å². The van der Waals surface area contributed by atoms with Crippen LogP contribution in [0, 0.1) is 13.8 Å². The highest BCUT2D eigenvalue weighted by atomic mass is 16.5. The molecule has 0 bridgehead atoms. The second kappa shape index (κ2) is 7.69. The van der Waals surface area contributed by atoms with Crippen LogP contribution < -0.4 is 4.90 Å². The highest BCUT2D eigenvalue weighted by molar-refractivity contribution is 6.08. The lowest BCUT2D eigenvalue weighted by molar-refractivity contribution is 0.0790. The van der Waals surface area contributed by atoms with Crippen LogP contribution in [0.1, 0.15) is 63.6 Å². The Labute approximate surface area is 175 Å². The summed E-state index contributed by atoms with van der Waals surface area (Å²) in [4.78, 5) is 15.5. The van der Waals surface area contributed by atoms with Gasteiger partial charge in [0.15, 0.2) is 0 Å². The number of benzene rings is 2. The Morgan fingerprint density at radius 2 is 1.70 bits per heavy atom. The number of ether oxygens (including phenoxy) is 1. The van der Waals surface area contributed by atoms with Crippen LogP contribution in [0.3, 0.4) is 0 Å². The van der Waals surface area contributed by atoms with Crippen molar-refractivity contribution in [1.82, 2.24) is 10.2 Å². The predicted octanol–water partition coefficient (Wildman–Crippen LogP) is 4.52. The van der Waals surface area contributed by atoms with E-state index in [4.69, 9.17) is 9.15 Å². The molecule has 2 aromatic carbocycles. The topological polar surface area (TPSA) is 68.5 Å². The summed E-state index contributed by atoms with van der Waals surface area (Å²) in [5.41, 5.74) is 4.85. The van der Waals surface area contributed by atoms with Gasteiger partial charge in [-0.15, -0.1) is 10.2 Å². The monoisotopic (exact) mass is 403 g/mol. The lowest BCUT2D eigenvalue weighted by atomic mass is 10.0. The lowest BCUT2D eigenvalue weighted by Crippen LogP contribution is -2.32. The zero-order chi connectivity index (χ0) is 20.7. The average molecular weight is 403 g/mol. The van der Waals surface area contributed by atoms with Crippen molar-refractivity contribution in [2.45, 2.75) is 45.1 Å². The molecule has 0 radical (unpaired) electrons. The number of carbonyl (C=O) groups is 1. The van der Waals surface area contributed by atoms with Crippen molar-refractivity contribution in [3.05, 3.63) is 76.5 Å². The van der Waals surface area contributed by atoms with Gasteiger partial charge in [0.25, 0.3) is 5.91 Å². The molecule has 5 rings (SSSR count). The molecule has 0 saturated carbocycles. The molecule has 0 spiro atoms. The molecule has 1 aromatic heterocycles. The summed E-state index contributed by atoms with van der Waals surface area (Å²) in [5.74, 6) is 1.35. The van der Waals surface area contributed by atoms with Gasteiger partial charge in [0.05, 0.1) is 0 Å².